The zero-order valence-electron chi connectivity index (χ0n) is 19.1. The third-order valence-electron chi connectivity index (χ3n) is 5.16. The molecule has 2 aromatic carbocycles. The Labute approximate surface area is 198 Å². The van der Waals surface area contributed by atoms with E-state index < -0.39 is 5.25 Å². The van der Waals surface area contributed by atoms with Crippen LogP contribution in [-0.2, 0) is 4.79 Å². The van der Waals surface area contributed by atoms with Crippen molar-refractivity contribution >= 4 is 35.0 Å². The minimum Gasteiger partial charge on any atom is -0.495 e. The van der Waals surface area contributed by atoms with E-state index in [-0.39, 0.29) is 11.9 Å². The minimum absolute atomic E-state index is 0.0215. The van der Waals surface area contributed by atoms with Gasteiger partial charge in [-0.1, -0.05) is 29.4 Å². The summed E-state index contributed by atoms with van der Waals surface area (Å²) in [6.07, 6.45) is 0. The van der Waals surface area contributed by atoms with Gasteiger partial charge in [0.25, 0.3) is 0 Å². The van der Waals surface area contributed by atoms with Gasteiger partial charge in [-0.3, -0.25) is 14.3 Å². The Morgan fingerprint density at radius 1 is 1.16 bits per heavy atom. The molecule has 0 spiro atoms. The summed E-state index contributed by atoms with van der Waals surface area (Å²) in [7, 11) is 5.56. The topological polar surface area (TPSA) is 72.3 Å². The van der Waals surface area contributed by atoms with Crippen LogP contribution < -0.4 is 10.1 Å². The Bertz CT molecular complexity index is 1080. The van der Waals surface area contributed by atoms with Gasteiger partial charge in [-0.15, -0.1) is 10.2 Å². The van der Waals surface area contributed by atoms with Crippen molar-refractivity contribution in [2.75, 3.05) is 26.5 Å². The van der Waals surface area contributed by atoms with Crippen LogP contribution in [0.3, 0.4) is 0 Å². The summed E-state index contributed by atoms with van der Waals surface area (Å²) in [5, 5.41) is 12.7. The van der Waals surface area contributed by atoms with Gasteiger partial charge in [0, 0.05) is 10.7 Å². The standard InChI is InChI=1S/C23H28ClN5O2S/c1-14-7-12-20(31-6)19(13-14)25-22(30)16(3)32-23-27-26-21(15(2)28(4)5)29(23)18-10-8-17(24)9-11-18/h7-13,15-16H,1-6H3,(H,25,30). The summed E-state index contributed by atoms with van der Waals surface area (Å²) in [6.45, 7) is 5.87. The maximum Gasteiger partial charge on any atom is 0.237 e. The van der Waals surface area contributed by atoms with Gasteiger partial charge in [0.1, 0.15) is 5.75 Å². The van der Waals surface area contributed by atoms with Gasteiger partial charge >= 0.3 is 0 Å². The highest BCUT2D eigenvalue weighted by molar-refractivity contribution is 8.00. The molecule has 9 heteroatoms. The Hall–Kier alpha value is -2.55. The molecular weight excluding hydrogens is 446 g/mol. The fourth-order valence-corrected chi connectivity index (χ4v) is 4.06. The van der Waals surface area contributed by atoms with Gasteiger partial charge in [-0.2, -0.15) is 0 Å². The molecular formula is C23H28ClN5O2S. The number of amides is 1. The largest absolute Gasteiger partial charge is 0.495 e. The third kappa shape index (κ3) is 5.43. The quantitative estimate of drug-likeness (QED) is 0.465. The van der Waals surface area contributed by atoms with Crippen molar-refractivity contribution in [1.29, 1.82) is 0 Å². The number of hydrogen-bond donors (Lipinski definition) is 1. The molecule has 1 amide bonds. The molecule has 0 saturated carbocycles. The van der Waals surface area contributed by atoms with Crippen LogP contribution in [0.4, 0.5) is 5.69 Å². The molecule has 0 fully saturated rings. The van der Waals surface area contributed by atoms with E-state index in [2.05, 4.69) is 27.3 Å². The van der Waals surface area contributed by atoms with E-state index in [0.717, 1.165) is 17.1 Å². The number of benzene rings is 2. The Morgan fingerprint density at radius 2 is 1.84 bits per heavy atom. The van der Waals surface area contributed by atoms with Crippen molar-refractivity contribution < 1.29 is 9.53 Å². The molecule has 170 valence electrons. The number of anilines is 1. The molecule has 1 N–H and O–H groups in total. The zero-order valence-corrected chi connectivity index (χ0v) is 20.7. The average Bonchev–Trinajstić information content (AvgIpc) is 3.17. The second-order valence-electron chi connectivity index (χ2n) is 7.75. The lowest BCUT2D eigenvalue weighted by Crippen LogP contribution is -2.24. The lowest BCUT2D eigenvalue weighted by Gasteiger charge is -2.21. The van der Waals surface area contributed by atoms with Crippen molar-refractivity contribution in [3.05, 3.63) is 58.9 Å². The first kappa shape index (κ1) is 24.1. The number of carbonyl (C=O) groups is 1. The molecule has 1 heterocycles. The summed E-state index contributed by atoms with van der Waals surface area (Å²) in [4.78, 5) is 15.0. The maximum atomic E-state index is 13.0. The highest BCUT2D eigenvalue weighted by Gasteiger charge is 2.25. The van der Waals surface area contributed by atoms with Crippen molar-refractivity contribution in [2.24, 2.45) is 0 Å². The zero-order chi connectivity index (χ0) is 23.4. The second-order valence-corrected chi connectivity index (χ2v) is 9.49. The molecule has 7 nitrogen and oxygen atoms in total. The van der Waals surface area contributed by atoms with E-state index in [1.54, 1.807) is 7.11 Å². The number of thioether (sulfide) groups is 1. The number of ether oxygens (including phenoxy) is 1. The van der Waals surface area contributed by atoms with Crippen molar-refractivity contribution in [1.82, 2.24) is 19.7 Å². The second kappa shape index (κ2) is 10.4. The first-order chi connectivity index (χ1) is 15.2. The Morgan fingerprint density at radius 3 is 2.47 bits per heavy atom. The third-order valence-corrected chi connectivity index (χ3v) is 6.45. The molecule has 0 aliphatic rings. The number of carbonyl (C=O) groups excluding carboxylic acids is 1. The molecule has 0 bridgehead atoms. The molecule has 2 unspecified atom stereocenters. The lowest BCUT2D eigenvalue weighted by atomic mass is 10.2. The monoisotopic (exact) mass is 473 g/mol. The number of methoxy groups -OCH3 is 1. The van der Waals surface area contributed by atoms with Crippen LogP contribution in [0.25, 0.3) is 5.69 Å². The summed E-state index contributed by atoms with van der Waals surface area (Å²) < 4.78 is 7.35. The number of nitrogens with one attached hydrogen (secondary N) is 1. The smallest absolute Gasteiger partial charge is 0.237 e. The summed E-state index contributed by atoms with van der Waals surface area (Å²) in [5.74, 6) is 1.26. The molecule has 0 aliphatic carbocycles. The fraction of sp³-hybridized carbons (Fsp3) is 0.348. The first-order valence-corrected chi connectivity index (χ1v) is 11.5. The Balaban J connectivity index is 1.88. The van der Waals surface area contributed by atoms with Gasteiger partial charge in [0.05, 0.1) is 24.1 Å². The highest BCUT2D eigenvalue weighted by Crippen LogP contribution is 2.31. The van der Waals surface area contributed by atoms with E-state index in [1.165, 1.54) is 11.8 Å². The Kier molecular flexibility index (Phi) is 7.82. The van der Waals surface area contributed by atoms with Crippen LogP contribution in [-0.4, -0.2) is 52.0 Å². The van der Waals surface area contributed by atoms with Crippen molar-refractivity contribution in [3.8, 4) is 11.4 Å². The molecule has 0 radical (unpaired) electrons. The summed E-state index contributed by atoms with van der Waals surface area (Å²) >= 11 is 7.44. The van der Waals surface area contributed by atoms with E-state index in [1.807, 2.05) is 75.0 Å². The highest BCUT2D eigenvalue weighted by atomic mass is 35.5. The van der Waals surface area contributed by atoms with E-state index >= 15 is 0 Å². The lowest BCUT2D eigenvalue weighted by molar-refractivity contribution is -0.115. The number of aryl methyl sites for hydroxylation is 1. The number of halogens is 1. The van der Waals surface area contributed by atoms with Gasteiger partial charge in [-0.05, 0) is 76.8 Å². The van der Waals surface area contributed by atoms with Crippen LogP contribution in [0.15, 0.2) is 47.6 Å². The van der Waals surface area contributed by atoms with Crippen LogP contribution in [0.1, 0.15) is 31.3 Å². The first-order valence-electron chi connectivity index (χ1n) is 10.2. The molecule has 3 rings (SSSR count). The van der Waals surface area contributed by atoms with Crippen molar-refractivity contribution in [2.45, 2.75) is 37.2 Å². The molecule has 32 heavy (non-hydrogen) atoms. The van der Waals surface area contributed by atoms with Gasteiger partial charge in [-0.25, -0.2) is 0 Å². The van der Waals surface area contributed by atoms with E-state index in [4.69, 9.17) is 16.3 Å². The predicted octanol–water partition coefficient (Wildman–Crippen LogP) is 4.98. The van der Waals surface area contributed by atoms with Gasteiger partial charge < -0.3 is 10.1 Å². The van der Waals surface area contributed by atoms with E-state index in [9.17, 15) is 4.79 Å². The van der Waals surface area contributed by atoms with E-state index in [0.29, 0.717) is 21.6 Å². The van der Waals surface area contributed by atoms with Crippen LogP contribution in [0.2, 0.25) is 5.02 Å². The predicted molar refractivity (Wildman–Crippen MR) is 130 cm³/mol. The average molecular weight is 474 g/mol. The maximum absolute atomic E-state index is 13.0. The van der Waals surface area contributed by atoms with Crippen molar-refractivity contribution in [3.63, 3.8) is 0 Å². The molecule has 2 atom stereocenters. The van der Waals surface area contributed by atoms with Crippen LogP contribution in [0, 0.1) is 6.92 Å². The SMILES string of the molecule is COc1ccc(C)cc1NC(=O)C(C)Sc1nnc(C(C)N(C)C)n1-c1ccc(Cl)cc1. The number of nitrogens with zero attached hydrogens (tertiary/aromatic N) is 4. The molecule has 0 saturated heterocycles. The van der Waals surface area contributed by atoms with Crippen LogP contribution in [0.5, 0.6) is 5.75 Å². The molecule has 0 aliphatic heterocycles. The van der Waals surface area contributed by atoms with Gasteiger partial charge in [0.2, 0.25) is 5.91 Å². The van der Waals surface area contributed by atoms with Gasteiger partial charge in [0.15, 0.2) is 11.0 Å². The fourth-order valence-electron chi connectivity index (χ4n) is 3.06. The number of hydrogen-bond acceptors (Lipinski definition) is 6. The van der Waals surface area contributed by atoms with Crippen LogP contribution >= 0.6 is 23.4 Å². The number of aromatic nitrogens is 3. The molecule has 1 aromatic heterocycles. The minimum atomic E-state index is -0.419. The summed E-state index contributed by atoms with van der Waals surface area (Å²) in [5.41, 5.74) is 2.57. The summed E-state index contributed by atoms with van der Waals surface area (Å²) in [6, 6.07) is 13.2. The molecule has 3 aromatic rings. The normalized spacial score (nSPS) is 13.1. The number of rotatable bonds is 8.